The number of nitrogens with two attached hydrogens (primary N) is 1. The lowest BCUT2D eigenvalue weighted by molar-refractivity contribution is -0.122. The first-order valence-corrected chi connectivity index (χ1v) is 8.07. The Bertz CT molecular complexity index is 662. The highest BCUT2D eigenvalue weighted by Crippen LogP contribution is 2.30. The molecule has 3 N–H and O–H groups in total. The van der Waals surface area contributed by atoms with Crippen LogP contribution < -0.4 is 20.5 Å². The molecule has 2 rings (SSSR count). The number of benzene rings is 2. The molecular weight excluding hydrogens is 340 g/mol. The van der Waals surface area contributed by atoms with Crippen LogP contribution in [-0.4, -0.2) is 19.1 Å². The molecule has 0 aliphatic carbocycles. The second-order valence-corrected chi connectivity index (χ2v) is 5.51. The third-order valence-electron chi connectivity index (χ3n) is 3.62. The Labute approximate surface area is 154 Å². The Balaban J connectivity index is 0.00000312. The van der Waals surface area contributed by atoms with Crippen LogP contribution in [0.5, 0.6) is 17.2 Å². The molecule has 0 bridgehead atoms. The first-order chi connectivity index (χ1) is 11.6. The minimum atomic E-state index is -0.442. The van der Waals surface area contributed by atoms with E-state index in [0.717, 1.165) is 12.0 Å². The minimum absolute atomic E-state index is 0. The molecular formula is C19H25ClN2O3. The second kappa shape index (κ2) is 10.6. The number of carbonyl (C=O) groups is 1. The fourth-order valence-electron chi connectivity index (χ4n) is 2.27. The predicted octanol–water partition coefficient (Wildman–Crippen LogP) is 3.65. The number of carbonyl (C=O) groups excluding carboxylic acids is 1. The topological polar surface area (TPSA) is 73.6 Å². The summed E-state index contributed by atoms with van der Waals surface area (Å²) in [6.45, 7) is 2.46. The highest BCUT2D eigenvalue weighted by molar-refractivity contribution is 5.85. The summed E-state index contributed by atoms with van der Waals surface area (Å²) in [4.78, 5) is 11.8. The molecule has 1 amide bonds. The quantitative estimate of drug-likeness (QED) is 0.749. The fraction of sp³-hybridized carbons (Fsp3) is 0.316. The van der Waals surface area contributed by atoms with Gasteiger partial charge in [0.15, 0.2) is 11.5 Å². The summed E-state index contributed by atoms with van der Waals surface area (Å²) >= 11 is 0. The summed E-state index contributed by atoms with van der Waals surface area (Å²) in [6, 6.07) is 14.6. The number of rotatable bonds is 8. The van der Waals surface area contributed by atoms with Gasteiger partial charge < -0.3 is 20.5 Å². The van der Waals surface area contributed by atoms with Gasteiger partial charge in [0.05, 0.1) is 13.2 Å². The monoisotopic (exact) mass is 364 g/mol. The van der Waals surface area contributed by atoms with Gasteiger partial charge in [-0.25, -0.2) is 0 Å². The number of ether oxygens (including phenoxy) is 2. The smallest absolute Gasteiger partial charge is 0.237 e. The van der Waals surface area contributed by atoms with Crippen molar-refractivity contribution in [2.45, 2.75) is 32.4 Å². The molecule has 136 valence electrons. The summed E-state index contributed by atoms with van der Waals surface area (Å²) in [7, 11) is 1.61. The Morgan fingerprint density at radius 2 is 1.76 bits per heavy atom. The lowest BCUT2D eigenvalue weighted by atomic mass is 10.1. The summed E-state index contributed by atoms with van der Waals surface area (Å²) in [6.07, 6.45) is 1.58. The van der Waals surface area contributed by atoms with Crippen LogP contribution in [0.15, 0.2) is 48.5 Å². The summed E-state index contributed by atoms with van der Waals surface area (Å²) < 4.78 is 11.1. The zero-order valence-corrected chi connectivity index (χ0v) is 15.3. The molecule has 0 spiro atoms. The van der Waals surface area contributed by atoms with Crippen LogP contribution in [0, 0.1) is 0 Å². The number of amides is 1. The Kier molecular flexibility index (Phi) is 8.81. The molecule has 0 aliphatic heterocycles. The van der Waals surface area contributed by atoms with Crippen LogP contribution in [0.4, 0.5) is 0 Å². The lowest BCUT2D eigenvalue weighted by Crippen LogP contribution is -2.40. The van der Waals surface area contributed by atoms with Crippen molar-refractivity contribution < 1.29 is 14.3 Å². The van der Waals surface area contributed by atoms with E-state index >= 15 is 0 Å². The van der Waals surface area contributed by atoms with Crippen LogP contribution in [0.2, 0.25) is 0 Å². The second-order valence-electron chi connectivity index (χ2n) is 5.51. The van der Waals surface area contributed by atoms with Crippen molar-refractivity contribution in [2.75, 3.05) is 7.11 Å². The van der Waals surface area contributed by atoms with Gasteiger partial charge in [-0.3, -0.25) is 4.79 Å². The lowest BCUT2D eigenvalue weighted by Gasteiger charge is -2.12. The number of halogens is 1. The van der Waals surface area contributed by atoms with E-state index in [1.54, 1.807) is 7.11 Å². The van der Waals surface area contributed by atoms with E-state index in [1.807, 2.05) is 55.5 Å². The molecule has 0 heterocycles. The fourth-order valence-corrected chi connectivity index (χ4v) is 2.27. The minimum Gasteiger partial charge on any atom is -0.493 e. The van der Waals surface area contributed by atoms with E-state index in [4.69, 9.17) is 15.2 Å². The van der Waals surface area contributed by atoms with Crippen molar-refractivity contribution in [1.82, 2.24) is 5.32 Å². The van der Waals surface area contributed by atoms with Crippen molar-refractivity contribution in [1.29, 1.82) is 0 Å². The summed E-state index contributed by atoms with van der Waals surface area (Å²) in [5.74, 6) is 1.92. The zero-order valence-electron chi connectivity index (χ0n) is 14.5. The van der Waals surface area contributed by atoms with E-state index in [9.17, 15) is 4.79 Å². The molecule has 25 heavy (non-hydrogen) atoms. The van der Waals surface area contributed by atoms with E-state index in [2.05, 4.69) is 5.32 Å². The van der Waals surface area contributed by atoms with E-state index in [-0.39, 0.29) is 18.3 Å². The number of methoxy groups -OCH3 is 1. The maximum atomic E-state index is 11.8. The van der Waals surface area contributed by atoms with Crippen LogP contribution >= 0.6 is 12.4 Å². The van der Waals surface area contributed by atoms with Crippen molar-refractivity contribution in [3.05, 3.63) is 54.1 Å². The van der Waals surface area contributed by atoms with Gasteiger partial charge in [-0.05, 0) is 36.2 Å². The Morgan fingerprint density at radius 3 is 2.36 bits per heavy atom. The Hall–Kier alpha value is -2.24. The van der Waals surface area contributed by atoms with Gasteiger partial charge in [-0.1, -0.05) is 37.6 Å². The first-order valence-electron chi connectivity index (χ1n) is 8.07. The SMILES string of the molecule is CCCC(N)C(=O)NCc1ccc(Oc2ccccc2OC)cc1.Cl. The molecule has 0 saturated carbocycles. The highest BCUT2D eigenvalue weighted by Gasteiger charge is 2.11. The van der Waals surface area contributed by atoms with E-state index in [0.29, 0.717) is 30.2 Å². The van der Waals surface area contributed by atoms with Crippen LogP contribution in [-0.2, 0) is 11.3 Å². The van der Waals surface area contributed by atoms with Crippen molar-refractivity contribution in [3.8, 4) is 17.2 Å². The number of hydrogen-bond acceptors (Lipinski definition) is 4. The average Bonchev–Trinajstić information content (AvgIpc) is 2.61. The maximum Gasteiger partial charge on any atom is 0.237 e. The number of hydrogen-bond donors (Lipinski definition) is 2. The maximum absolute atomic E-state index is 11.8. The molecule has 6 heteroatoms. The van der Waals surface area contributed by atoms with Crippen molar-refractivity contribution in [3.63, 3.8) is 0 Å². The summed E-state index contributed by atoms with van der Waals surface area (Å²) in [5, 5.41) is 2.85. The molecule has 0 aromatic heterocycles. The van der Waals surface area contributed by atoms with Crippen molar-refractivity contribution in [2.24, 2.45) is 5.73 Å². The van der Waals surface area contributed by atoms with Gasteiger partial charge in [-0.15, -0.1) is 12.4 Å². The van der Waals surface area contributed by atoms with Gasteiger partial charge in [-0.2, -0.15) is 0 Å². The van der Waals surface area contributed by atoms with Gasteiger partial charge in [0.25, 0.3) is 0 Å². The molecule has 0 saturated heterocycles. The largest absolute Gasteiger partial charge is 0.493 e. The summed E-state index contributed by atoms with van der Waals surface area (Å²) in [5.41, 5.74) is 6.77. The zero-order chi connectivity index (χ0) is 17.4. The predicted molar refractivity (Wildman–Crippen MR) is 101 cm³/mol. The molecule has 2 aromatic carbocycles. The molecule has 2 aromatic rings. The van der Waals surface area contributed by atoms with E-state index < -0.39 is 6.04 Å². The molecule has 5 nitrogen and oxygen atoms in total. The van der Waals surface area contributed by atoms with Crippen LogP contribution in [0.25, 0.3) is 0 Å². The van der Waals surface area contributed by atoms with E-state index in [1.165, 1.54) is 0 Å². The highest BCUT2D eigenvalue weighted by atomic mass is 35.5. The Morgan fingerprint density at radius 1 is 1.12 bits per heavy atom. The van der Waals surface area contributed by atoms with Gasteiger partial charge in [0.1, 0.15) is 5.75 Å². The van der Waals surface area contributed by atoms with Crippen molar-refractivity contribution >= 4 is 18.3 Å². The molecule has 0 radical (unpaired) electrons. The number of nitrogens with one attached hydrogen (secondary N) is 1. The van der Waals surface area contributed by atoms with Gasteiger partial charge in [0.2, 0.25) is 5.91 Å². The normalized spacial score (nSPS) is 11.2. The van der Waals surface area contributed by atoms with Gasteiger partial charge >= 0.3 is 0 Å². The molecule has 0 fully saturated rings. The average molecular weight is 365 g/mol. The molecule has 0 aliphatic rings. The standard InChI is InChI=1S/C19H24N2O3.ClH/c1-3-6-16(20)19(22)21-13-14-9-11-15(12-10-14)24-18-8-5-4-7-17(18)23-2;/h4-5,7-12,16H,3,6,13,20H2,1-2H3,(H,21,22);1H. The van der Waals surface area contributed by atoms with Gasteiger partial charge in [0, 0.05) is 6.54 Å². The first kappa shape index (κ1) is 20.8. The third-order valence-corrected chi connectivity index (χ3v) is 3.62. The third kappa shape index (κ3) is 6.29. The van der Waals surface area contributed by atoms with Crippen LogP contribution in [0.3, 0.4) is 0 Å². The van der Waals surface area contributed by atoms with Crippen LogP contribution in [0.1, 0.15) is 25.3 Å². The number of para-hydroxylation sites is 2. The molecule has 1 unspecified atom stereocenters. The molecule has 1 atom stereocenters.